The summed E-state index contributed by atoms with van der Waals surface area (Å²) in [6.45, 7) is 0. The van der Waals surface area contributed by atoms with Crippen LogP contribution in [0.5, 0.6) is 0 Å². The van der Waals surface area contributed by atoms with E-state index in [2.05, 4.69) is 26.2 Å². The van der Waals surface area contributed by atoms with Crippen LogP contribution in [0.2, 0.25) is 5.02 Å². The van der Waals surface area contributed by atoms with Crippen molar-refractivity contribution in [1.29, 1.82) is 0 Å². The fourth-order valence-electron chi connectivity index (χ4n) is 1.58. The van der Waals surface area contributed by atoms with Crippen LogP contribution >= 0.6 is 39.1 Å². The van der Waals surface area contributed by atoms with Gasteiger partial charge in [-0.1, -0.05) is 41.9 Å². The smallest absolute Gasteiger partial charge is 0.140 e. The molecule has 1 heterocycles. The van der Waals surface area contributed by atoms with Crippen molar-refractivity contribution in [2.24, 2.45) is 0 Å². The first-order chi connectivity index (χ1) is 8.70. The van der Waals surface area contributed by atoms with Crippen LogP contribution in [-0.4, -0.2) is 10.9 Å². The Morgan fingerprint density at radius 2 is 2.00 bits per heavy atom. The average molecular weight is 346 g/mol. The van der Waals surface area contributed by atoms with Gasteiger partial charge < -0.3 is 5.32 Å². The third-order valence-corrected chi connectivity index (χ3v) is 3.59. The molecule has 1 atom stereocenters. The Morgan fingerprint density at radius 1 is 1.28 bits per heavy atom. The molecule has 0 amide bonds. The third kappa shape index (κ3) is 3.37. The molecule has 5 heteroatoms. The fraction of sp³-hybridized carbons (Fsp3) is 0.154. The molecule has 94 valence electrons. The lowest BCUT2D eigenvalue weighted by Crippen LogP contribution is -2.13. The number of benzene rings is 1. The summed E-state index contributed by atoms with van der Waals surface area (Å²) in [5, 5.41) is 3.88. The number of pyridine rings is 1. The van der Waals surface area contributed by atoms with E-state index >= 15 is 0 Å². The summed E-state index contributed by atoms with van der Waals surface area (Å²) in [7, 11) is 0. The Balaban J connectivity index is 2.21. The Bertz CT molecular complexity index is 520. The summed E-state index contributed by atoms with van der Waals surface area (Å²) in [5.74, 6) is 1.19. The van der Waals surface area contributed by atoms with Gasteiger partial charge in [-0.2, -0.15) is 0 Å². The second-order valence-corrected chi connectivity index (χ2v) is 5.35. The summed E-state index contributed by atoms with van der Waals surface area (Å²) in [6.07, 6.45) is 1.60. The first-order valence-electron chi connectivity index (χ1n) is 5.39. The molecule has 1 N–H and O–H groups in total. The number of halogens is 3. The van der Waals surface area contributed by atoms with Gasteiger partial charge in [-0.3, -0.25) is 0 Å². The highest BCUT2D eigenvalue weighted by Gasteiger charge is 2.12. The van der Waals surface area contributed by atoms with E-state index < -0.39 is 0 Å². The zero-order valence-corrected chi connectivity index (χ0v) is 12.5. The van der Waals surface area contributed by atoms with Gasteiger partial charge in [0.1, 0.15) is 5.82 Å². The van der Waals surface area contributed by atoms with Gasteiger partial charge in [0.2, 0.25) is 0 Å². The highest BCUT2D eigenvalue weighted by atomic mass is 79.9. The van der Waals surface area contributed by atoms with Crippen LogP contribution in [-0.2, 0) is 0 Å². The summed E-state index contributed by atoms with van der Waals surface area (Å²) in [6, 6.07) is 11.8. The second-order valence-electron chi connectivity index (χ2n) is 3.75. The molecule has 0 radical (unpaired) electrons. The molecule has 1 aromatic heterocycles. The predicted octanol–water partition coefficient (Wildman–Crippen LogP) is 4.89. The highest BCUT2D eigenvalue weighted by molar-refractivity contribution is 9.10. The van der Waals surface area contributed by atoms with Crippen molar-refractivity contribution in [1.82, 2.24) is 4.98 Å². The molecule has 2 rings (SSSR count). The number of alkyl halides is 1. The molecule has 0 fully saturated rings. The van der Waals surface area contributed by atoms with E-state index in [-0.39, 0.29) is 6.04 Å². The minimum absolute atomic E-state index is 0.0119. The van der Waals surface area contributed by atoms with Crippen molar-refractivity contribution in [3.63, 3.8) is 0 Å². The number of nitrogens with zero attached hydrogens (tertiary/aromatic N) is 1. The fourth-order valence-corrected chi connectivity index (χ4v) is 2.59. The van der Waals surface area contributed by atoms with Gasteiger partial charge in [0.25, 0.3) is 0 Å². The van der Waals surface area contributed by atoms with Crippen molar-refractivity contribution in [2.45, 2.75) is 6.04 Å². The number of aromatic nitrogens is 1. The van der Waals surface area contributed by atoms with E-state index in [0.717, 1.165) is 15.9 Å². The minimum atomic E-state index is 0.0119. The molecule has 0 aliphatic carbocycles. The van der Waals surface area contributed by atoms with Gasteiger partial charge in [0.05, 0.1) is 15.5 Å². The Kier molecular flexibility index (Phi) is 4.87. The van der Waals surface area contributed by atoms with Crippen molar-refractivity contribution in [3.05, 3.63) is 57.7 Å². The quantitative estimate of drug-likeness (QED) is 0.798. The Hall–Kier alpha value is -0.770. The van der Waals surface area contributed by atoms with Gasteiger partial charge in [-0.15, -0.1) is 11.6 Å². The number of hydrogen-bond donors (Lipinski definition) is 1. The highest BCUT2D eigenvalue weighted by Crippen LogP contribution is 2.27. The molecule has 0 aliphatic rings. The number of anilines is 1. The van der Waals surface area contributed by atoms with Crippen LogP contribution in [0.25, 0.3) is 0 Å². The second kappa shape index (κ2) is 6.41. The summed E-state index contributed by atoms with van der Waals surface area (Å²) < 4.78 is 0.820. The molecule has 2 nitrogen and oxygen atoms in total. The van der Waals surface area contributed by atoms with Gasteiger partial charge >= 0.3 is 0 Å². The standard InChI is InChI=1S/C13H11BrCl2N2/c14-11-6-10(16)8-17-13(11)18-12(7-15)9-4-2-1-3-5-9/h1-6,8,12H,7H2,(H,17,18). The van der Waals surface area contributed by atoms with Crippen molar-refractivity contribution < 1.29 is 0 Å². The van der Waals surface area contributed by atoms with Crippen molar-refractivity contribution in [2.75, 3.05) is 11.2 Å². The zero-order valence-electron chi connectivity index (χ0n) is 9.41. The predicted molar refractivity (Wildman–Crippen MR) is 80.5 cm³/mol. The lowest BCUT2D eigenvalue weighted by Gasteiger charge is -2.18. The van der Waals surface area contributed by atoms with Gasteiger partial charge in [-0.05, 0) is 27.6 Å². The van der Waals surface area contributed by atoms with Gasteiger partial charge in [0.15, 0.2) is 0 Å². The third-order valence-electron chi connectivity index (χ3n) is 2.48. The van der Waals surface area contributed by atoms with Crippen LogP contribution in [0.4, 0.5) is 5.82 Å². The van der Waals surface area contributed by atoms with E-state index in [9.17, 15) is 0 Å². The van der Waals surface area contributed by atoms with E-state index in [0.29, 0.717) is 10.9 Å². The maximum atomic E-state index is 6.00. The molecule has 2 aromatic rings. The van der Waals surface area contributed by atoms with Crippen LogP contribution in [0.15, 0.2) is 47.1 Å². The topological polar surface area (TPSA) is 24.9 Å². The number of rotatable bonds is 4. The number of nitrogens with one attached hydrogen (secondary N) is 1. The number of hydrogen-bond acceptors (Lipinski definition) is 2. The Labute approximate surface area is 124 Å². The average Bonchev–Trinajstić information content (AvgIpc) is 2.39. The SMILES string of the molecule is ClCC(Nc1ncc(Cl)cc1Br)c1ccccc1. The molecule has 1 aromatic carbocycles. The van der Waals surface area contributed by atoms with Crippen LogP contribution in [0.1, 0.15) is 11.6 Å². The van der Waals surface area contributed by atoms with E-state index in [1.807, 2.05) is 30.3 Å². The lowest BCUT2D eigenvalue weighted by molar-refractivity contribution is 0.881. The molecular weight excluding hydrogens is 335 g/mol. The molecule has 1 unspecified atom stereocenters. The van der Waals surface area contributed by atoms with Crippen LogP contribution in [0, 0.1) is 0 Å². The lowest BCUT2D eigenvalue weighted by atomic mass is 10.1. The molecule has 0 bridgehead atoms. The molecule has 0 spiro atoms. The first kappa shape index (κ1) is 13.7. The van der Waals surface area contributed by atoms with Crippen LogP contribution < -0.4 is 5.32 Å². The first-order valence-corrected chi connectivity index (χ1v) is 7.09. The largest absolute Gasteiger partial charge is 0.361 e. The zero-order chi connectivity index (χ0) is 13.0. The minimum Gasteiger partial charge on any atom is -0.361 e. The summed E-state index contributed by atoms with van der Waals surface area (Å²) in [4.78, 5) is 4.24. The molecule has 0 saturated heterocycles. The van der Waals surface area contributed by atoms with E-state index in [1.54, 1.807) is 12.3 Å². The van der Waals surface area contributed by atoms with Gasteiger partial charge in [0, 0.05) is 12.1 Å². The maximum absolute atomic E-state index is 6.00. The molecular formula is C13H11BrCl2N2. The van der Waals surface area contributed by atoms with Crippen LogP contribution in [0.3, 0.4) is 0 Å². The van der Waals surface area contributed by atoms with Crippen molar-refractivity contribution in [3.8, 4) is 0 Å². The monoisotopic (exact) mass is 344 g/mol. The summed E-state index contributed by atoms with van der Waals surface area (Å²) >= 11 is 15.3. The summed E-state index contributed by atoms with van der Waals surface area (Å²) in [5.41, 5.74) is 1.12. The Morgan fingerprint density at radius 3 is 2.61 bits per heavy atom. The van der Waals surface area contributed by atoms with E-state index in [4.69, 9.17) is 23.2 Å². The van der Waals surface area contributed by atoms with Gasteiger partial charge in [-0.25, -0.2) is 4.98 Å². The molecule has 18 heavy (non-hydrogen) atoms. The molecule has 0 saturated carbocycles. The van der Waals surface area contributed by atoms with Crippen molar-refractivity contribution >= 4 is 44.9 Å². The molecule has 0 aliphatic heterocycles. The normalized spacial score (nSPS) is 12.2. The van der Waals surface area contributed by atoms with E-state index in [1.165, 1.54) is 0 Å². The maximum Gasteiger partial charge on any atom is 0.140 e.